The second-order valence-electron chi connectivity index (χ2n) is 4.60. The Kier molecular flexibility index (Phi) is 4.42. The molecule has 2 rings (SSSR count). The van der Waals surface area contributed by atoms with Crippen LogP contribution in [0.15, 0.2) is 36.4 Å². The van der Waals surface area contributed by atoms with E-state index >= 15 is 0 Å². The van der Waals surface area contributed by atoms with Crippen LogP contribution in [-0.2, 0) is 11.3 Å². The van der Waals surface area contributed by atoms with Crippen molar-refractivity contribution in [2.45, 2.75) is 13.5 Å². The molecule has 0 aliphatic carbocycles. The van der Waals surface area contributed by atoms with Crippen LogP contribution in [0.1, 0.15) is 21.5 Å². The van der Waals surface area contributed by atoms with Gasteiger partial charge in [0.05, 0.1) is 12.7 Å². The number of aryl methyl sites for hydroxylation is 1. The van der Waals surface area contributed by atoms with Gasteiger partial charge in [0.25, 0.3) is 0 Å². The number of hydrogen-bond donors (Lipinski definition) is 1. The Balaban J connectivity index is 2.13. The van der Waals surface area contributed by atoms with Crippen LogP contribution < -0.4 is 10.5 Å². The lowest BCUT2D eigenvalue weighted by Gasteiger charge is -2.10. The number of esters is 1. The van der Waals surface area contributed by atoms with Crippen LogP contribution >= 0.6 is 0 Å². The second-order valence-corrected chi connectivity index (χ2v) is 4.60. The number of nitrogen functional groups attached to an aromatic ring is 1. The minimum atomic E-state index is -0.574. The Morgan fingerprint density at radius 3 is 2.71 bits per heavy atom. The summed E-state index contributed by atoms with van der Waals surface area (Å²) in [5, 5.41) is 0. The lowest BCUT2D eigenvalue weighted by molar-refractivity contribution is 0.0472. The molecule has 0 bridgehead atoms. The molecule has 0 unspecified atom stereocenters. The number of ether oxygens (including phenoxy) is 2. The van der Waals surface area contributed by atoms with E-state index in [0.717, 1.165) is 5.56 Å². The summed E-state index contributed by atoms with van der Waals surface area (Å²) < 4.78 is 23.4. The number of carbonyl (C=O) groups excluding carboxylic acids is 1. The van der Waals surface area contributed by atoms with Gasteiger partial charge in [-0.15, -0.1) is 0 Å². The number of rotatable bonds is 4. The molecule has 0 saturated carbocycles. The fourth-order valence-electron chi connectivity index (χ4n) is 1.86. The Labute approximate surface area is 122 Å². The maximum absolute atomic E-state index is 13.2. The molecule has 4 nitrogen and oxygen atoms in total. The van der Waals surface area contributed by atoms with Gasteiger partial charge in [0, 0.05) is 5.69 Å². The summed E-state index contributed by atoms with van der Waals surface area (Å²) in [5.74, 6) is -0.430. The first-order valence-corrected chi connectivity index (χ1v) is 6.37. The molecule has 0 saturated heterocycles. The average molecular weight is 289 g/mol. The SMILES string of the molecule is COc1ccc(N)c(C(=O)OCc2cc(F)ccc2C)c1. The lowest BCUT2D eigenvalue weighted by atomic mass is 10.1. The number of anilines is 1. The van der Waals surface area contributed by atoms with Crippen LogP contribution in [0.2, 0.25) is 0 Å². The number of benzene rings is 2. The van der Waals surface area contributed by atoms with Gasteiger partial charge in [-0.2, -0.15) is 0 Å². The maximum atomic E-state index is 13.2. The molecule has 0 radical (unpaired) electrons. The highest BCUT2D eigenvalue weighted by molar-refractivity contribution is 5.95. The van der Waals surface area contributed by atoms with E-state index in [0.29, 0.717) is 17.0 Å². The van der Waals surface area contributed by atoms with Crippen molar-refractivity contribution in [3.63, 3.8) is 0 Å². The molecule has 2 N–H and O–H groups in total. The highest BCUT2D eigenvalue weighted by atomic mass is 19.1. The van der Waals surface area contributed by atoms with Gasteiger partial charge in [0.1, 0.15) is 18.2 Å². The van der Waals surface area contributed by atoms with Crippen molar-refractivity contribution in [2.75, 3.05) is 12.8 Å². The molecule has 2 aromatic carbocycles. The van der Waals surface area contributed by atoms with Crippen LogP contribution in [0.5, 0.6) is 5.75 Å². The predicted molar refractivity (Wildman–Crippen MR) is 77.7 cm³/mol. The zero-order chi connectivity index (χ0) is 15.4. The van der Waals surface area contributed by atoms with Gasteiger partial charge >= 0.3 is 5.97 Å². The van der Waals surface area contributed by atoms with Crippen molar-refractivity contribution in [3.8, 4) is 5.75 Å². The van der Waals surface area contributed by atoms with Crippen molar-refractivity contribution < 1.29 is 18.7 Å². The van der Waals surface area contributed by atoms with Gasteiger partial charge in [-0.1, -0.05) is 6.07 Å². The van der Waals surface area contributed by atoms with E-state index in [-0.39, 0.29) is 18.0 Å². The van der Waals surface area contributed by atoms with Crippen molar-refractivity contribution in [1.82, 2.24) is 0 Å². The Bertz CT molecular complexity index is 671. The molecule has 21 heavy (non-hydrogen) atoms. The zero-order valence-electron chi connectivity index (χ0n) is 11.9. The van der Waals surface area contributed by atoms with Gasteiger partial charge in [-0.3, -0.25) is 0 Å². The normalized spacial score (nSPS) is 10.2. The number of methoxy groups -OCH3 is 1. The molecule has 110 valence electrons. The third-order valence-electron chi connectivity index (χ3n) is 3.15. The molecule has 0 spiro atoms. The summed E-state index contributed by atoms with van der Waals surface area (Å²) in [7, 11) is 1.50. The lowest BCUT2D eigenvalue weighted by Crippen LogP contribution is -2.09. The Morgan fingerprint density at radius 1 is 1.24 bits per heavy atom. The summed E-state index contributed by atoms with van der Waals surface area (Å²) in [5.41, 5.74) is 7.74. The van der Waals surface area contributed by atoms with Gasteiger partial charge in [0.2, 0.25) is 0 Å². The minimum absolute atomic E-state index is 0.0148. The van der Waals surface area contributed by atoms with Crippen LogP contribution in [0.3, 0.4) is 0 Å². The molecule has 0 fully saturated rings. The van der Waals surface area contributed by atoms with Crippen LogP contribution in [-0.4, -0.2) is 13.1 Å². The van der Waals surface area contributed by atoms with Crippen molar-refractivity contribution in [3.05, 3.63) is 58.9 Å². The smallest absolute Gasteiger partial charge is 0.340 e. The summed E-state index contributed by atoms with van der Waals surface area (Å²) >= 11 is 0. The first-order valence-electron chi connectivity index (χ1n) is 6.37. The number of halogens is 1. The first-order chi connectivity index (χ1) is 10.0. The summed E-state index contributed by atoms with van der Waals surface area (Å²) in [6, 6.07) is 9.08. The van der Waals surface area contributed by atoms with Crippen LogP contribution in [0, 0.1) is 12.7 Å². The third kappa shape index (κ3) is 3.51. The molecular weight excluding hydrogens is 273 g/mol. The maximum Gasteiger partial charge on any atom is 0.340 e. The van der Waals surface area contributed by atoms with Crippen LogP contribution in [0.25, 0.3) is 0 Å². The molecule has 2 aromatic rings. The van der Waals surface area contributed by atoms with Gasteiger partial charge in [-0.05, 0) is 48.4 Å². The van der Waals surface area contributed by atoms with Crippen molar-refractivity contribution >= 4 is 11.7 Å². The van der Waals surface area contributed by atoms with Crippen molar-refractivity contribution in [2.24, 2.45) is 0 Å². The van der Waals surface area contributed by atoms with E-state index in [1.807, 2.05) is 6.92 Å². The average Bonchev–Trinajstić information content (AvgIpc) is 2.48. The second kappa shape index (κ2) is 6.26. The zero-order valence-corrected chi connectivity index (χ0v) is 11.9. The number of carbonyl (C=O) groups is 1. The highest BCUT2D eigenvalue weighted by Crippen LogP contribution is 2.21. The van der Waals surface area contributed by atoms with E-state index in [4.69, 9.17) is 15.2 Å². The monoisotopic (exact) mass is 289 g/mol. The van der Waals surface area contributed by atoms with E-state index in [9.17, 15) is 9.18 Å². The number of nitrogens with two attached hydrogens (primary N) is 1. The topological polar surface area (TPSA) is 61.5 Å². The summed E-state index contributed by atoms with van der Waals surface area (Å²) in [4.78, 5) is 12.1. The summed E-state index contributed by atoms with van der Waals surface area (Å²) in [6.45, 7) is 1.81. The largest absolute Gasteiger partial charge is 0.497 e. The third-order valence-corrected chi connectivity index (χ3v) is 3.15. The Morgan fingerprint density at radius 2 is 2.00 bits per heavy atom. The fraction of sp³-hybridized carbons (Fsp3) is 0.188. The van der Waals surface area contributed by atoms with E-state index < -0.39 is 5.97 Å². The van der Waals surface area contributed by atoms with Crippen LogP contribution in [0.4, 0.5) is 10.1 Å². The van der Waals surface area contributed by atoms with E-state index in [1.54, 1.807) is 18.2 Å². The molecule has 0 heterocycles. The fourth-order valence-corrected chi connectivity index (χ4v) is 1.86. The van der Waals surface area contributed by atoms with Gasteiger partial charge in [-0.25, -0.2) is 9.18 Å². The van der Waals surface area contributed by atoms with Crippen molar-refractivity contribution in [1.29, 1.82) is 0 Å². The minimum Gasteiger partial charge on any atom is -0.497 e. The summed E-state index contributed by atoms with van der Waals surface area (Å²) in [6.07, 6.45) is 0. The number of hydrogen-bond acceptors (Lipinski definition) is 4. The standard InChI is InChI=1S/C16H16FNO3/c1-10-3-4-12(17)7-11(10)9-21-16(19)14-8-13(20-2)5-6-15(14)18/h3-8H,9,18H2,1-2H3. The van der Waals surface area contributed by atoms with E-state index in [2.05, 4.69) is 0 Å². The predicted octanol–water partition coefficient (Wildman–Crippen LogP) is 3.08. The van der Waals surface area contributed by atoms with Gasteiger partial charge in [0.15, 0.2) is 0 Å². The molecular formula is C16H16FNO3. The quantitative estimate of drug-likeness (QED) is 0.694. The first kappa shape index (κ1) is 14.8. The Hall–Kier alpha value is -2.56. The molecule has 0 aliphatic rings. The van der Waals surface area contributed by atoms with Gasteiger partial charge < -0.3 is 15.2 Å². The molecule has 0 amide bonds. The molecule has 0 aliphatic heterocycles. The van der Waals surface area contributed by atoms with E-state index in [1.165, 1.54) is 25.3 Å². The molecule has 0 atom stereocenters. The molecule has 5 heteroatoms. The highest BCUT2D eigenvalue weighted by Gasteiger charge is 2.13. The molecule has 0 aromatic heterocycles.